The summed E-state index contributed by atoms with van der Waals surface area (Å²) >= 11 is 0. The minimum atomic E-state index is -0.502. The Hall–Kier alpha value is -4.84. The highest BCUT2D eigenvalue weighted by atomic mass is 16.3. The van der Waals surface area contributed by atoms with Crippen LogP contribution in [0.1, 0.15) is 15.9 Å². The molecule has 0 aliphatic rings. The van der Waals surface area contributed by atoms with Crippen molar-refractivity contribution in [2.45, 2.75) is 0 Å². The van der Waals surface area contributed by atoms with Gasteiger partial charge in [-0.3, -0.25) is 9.59 Å². The number of nitrogens with one attached hydrogen (secondary N) is 2. The highest BCUT2D eigenvalue weighted by Gasteiger charge is 2.16. The number of phenols is 1. The molecule has 0 bridgehead atoms. The number of amides is 2. The lowest BCUT2D eigenvalue weighted by Gasteiger charge is -2.12. The third kappa shape index (κ3) is 4.50. The van der Waals surface area contributed by atoms with Crippen molar-refractivity contribution in [3.8, 4) is 5.75 Å². The smallest absolute Gasteiger partial charge is 0.272 e. The topological polar surface area (TPSA) is 83.4 Å². The molecule has 0 aliphatic heterocycles. The maximum absolute atomic E-state index is 13.2. The predicted molar refractivity (Wildman–Crippen MR) is 139 cm³/mol. The number of aryl methyl sites for hydroxylation is 1. The van der Waals surface area contributed by atoms with Crippen LogP contribution in [-0.4, -0.2) is 21.5 Å². The molecule has 0 fully saturated rings. The molecule has 2 amide bonds. The SMILES string of the molecule is Cn1c2ccccc2c2cc(C=C(NC(=O)c3ccccc3)C(=O)Nc3cccc(O)c3)ccc21. The number of benzene rings is 4. The fourth-order valence-corrected chi connectivity index (χ4v) is 4.17. The van der Waals surface area contributed by atoms with Gasteiger partial charge in [-0.15, -0.1) is 0 Å². The molecule has 4 aromatic carbocycles. The quantitative estimate of drug-likeness (QED) is 0.305. The Kier molecular flexibility index (Phi) is 5.77. The Morgan fingerprint density at radius 2 is 1.54 bits per heavy atom. The Labute approximate surface area is 202 Å². The van der Waals surface area contributed by atoms with E-state index in [0.717, 1.165) is 27.4 Å². The van der Waals surface area contributed by atoms with Crippen LogP contribution in [0.5, 0.6) is 5.75 Å². The van der Waals surface area contributed by atoms with Gasteiger partial charge >= 0.3 is 0 Å². The molecule has 0 saturated carbocycles. The highest BCUT2D eigenvalue weighted by Crippen LogP contribution is 2.29. The Balaban J connectivity index is 1.55. The third-order valence-corrected chi connectivity index (χ3v) is 5.88. The van der Waals surface area contributed by atoms with Crippen LogP contribution in [0.2, 0.25) is 0 Å². The van der Waals surface area contributed by atoms with E-state index in [4.69, 9.17) is 0 Å². The normalized spacial score (nSPS) is 11.5. The van der Waals surface area contributed by atoms with Crippen molar-refractivity contribution < 1.29 is 14.7 Å². The average Bonchev–Trinajstić information content (AvgIpc) is 3.15. The van der Waals surface area contributed by atoms with E-state index in [1.807, 2.05) is 43.4 Å². The van der Waals surface area contributed by atoms with Crippen LogP contribution < -0.4 is 10.6 Å². The van der Waals surface area contributed by atoms with E-state index < -0.39 is 11.8 Å². The second-order valence-corrected chi connectivity index (χ2v) is 8.24. The van der Waals surface area contributed by atoms with Crippen molar-refractivity contribution in [2.24, 2.45) is 7.05 Å². The largest absolute Gasteiger partial charge is 0.508 e. The van der Waals surface area contributed by atoms with E-state index in [9.17, 15) is 14.7 Å². The predicted octanol–water partition coefficient (Wildman–Crippen LogP) is 5.45. The van der Waals surface area contributed by atoms with Crippen LogP contribution in [0.15, 0.2) is 103 Å². The van der Waals surface area contributed by atoms with Crippen LogP contribution in [0, 0.1) is 0 Å². The van der Waals surface area contributed by atoms with Crippen LogP contribution in [0.25, 0.3) is 27.9 Å². The molecule has 0 spiro atoms. The number of rotatable bonds is 5. The van der Waals surface area contributed by atoms with Gasteiger partial charge in [0.05, 0.1) is 0 Å². The fraction of sp³-hybridized carbons (Fsp3) is 0.0345. The summed E-state index contributed by atoms with van der Waals surface area (Å²) in [5, 5.41) is 17.4. The summed E-state index contributed by atoms with van der Waals surface area (Å²) in [7, 11) is 2.02. The summed E-state index contributed by atoms with van der Waals surface area (Å²) in [6, 6.07) is 29.0. The van der Waals surface area contributed by atoms with Gasteiger partial charge in [-0.1, -0.05) is 48.5 Å². The molecule has 0 atom stereocenters. The van der Waals surface area contributed by atoms with Gasteiger partial charge in [0.2, 0.25) is 0 Å². The second kappa shape index (κ2) is 9.19. The lowest BCUT2D eigenvalue weighted by Crippen LogP contribution is -2.30. The summed E-state index contributed by atoms with van der Waals surface area (Å²) in [5.74, 6) is -0.866. The number of fused-ring (bicyclic) bond motifs is 3. The van der Waals surface area contributed by atoms with Crippen molar-refractivity contribution >= 4 is 45.4 Å². The first kappa shape index (κ1) is 22.0. The van der Waals surface area contributed by atoms with Gasteiger partial charge < -0.3 is 20.3 Å². The maximum atomic E-state index is 13.2. The molecular formula is C29H23N3O3. The molecule has 0 unspecified atom stereocenters. The number of aromatic hydroxyl groups is 1. The zero-order chi connectivity index (χ0) is 24.4. The molecule has 6 heteroatoms. The number of aromatic nitrogens is 1. The summed E-state index contributed by atoms with van der Waals surface area (Å²) in [6.45, 7) is 0. The second-order valence-electron chi connectivity index (χ2n) is 8.24. The van der Waals surface area contributed by atoms with Crippen molar-refractivity contribution in [3.63, 3.8) is 0 Å². The molecule has 172 valence electrons. The number of hydrogen-bond acceptors (Lipinski definition) is 3. The zero-order valence-corrected chi connectivity index (χ0v) is 19.0. The number of anilines is 1. The van der Waals surface area contributed by atoms with Crippen LogP contribution in [0.4, 0.5) is 5.69 Å². The van der Waals surface area contributed by atoms with Gasteiger partial charge in [-0.25, -0.2) is 0 Å². The van der Waals surface area contributed by atoms with Crippen molar-refractivity contribution in [2.75, 3.05) is 5.32 Å². The minimum Gasteiger partial charge on any atom is -0.508 e. The van der Waals surface area contributed by atoms with Gasteiger partial charge in [-0.2, -0.15) is 0 Å². The van der Waals surface area contributed by atoms with Gasteiger partial charge in [0.1, 0.15) is 11.4 Å². The molecule has 1 aromatic heterocycles. The standard InChI is InChI=1S/C29H23N3O3/c1-32-26-13-6-5-12-23(26)24-16-19(14-15-27(24)32)17-25(31-28(34)20-8-3-2-4-9-20)29(35)30-21-10-7-11-22(33)18-21/h2-18,33H,1H3,(H,30,35)(H,31,34). The molecule has 5 rings (SSSR count). The van der Waals surface area contributed by atoms with Crippen molar-refractivity contribution in [1.29, 1.82) is 0 Å². The molecular weight excluding hydrogens is 438 g/mol. The number of carbonyl (C=O) groups excluding carboxylic acids is 2. The molecule has 0 radical (unpaired) electrons. The van der Waals surface area contributed by atoms with E-state index >= 15 is 0 Å². The average molecular weight is 462 g/mol. The van der Waals surface area contributed by atoms with Gasteiger partial charge in [-0.05, 0) is 54.1 Å². The van der Waals surface area contributed by atoms with Crippen molar-refractivity contribution in [1.82, 2.24) is 9.88 Å². The van der Waals surface area contributed by atoms with Gasteiger partial charge in [0.15, 0.2) is 0 Å². The van der Waals surface area contributed by atoms with Gasteiger partial charge in [0.25, 0.3) is 11.8 Å². The molecule has 0 aliphatic carbocycles. The highest BCUT2D eigenvalue weighted by molar-refractivity contribution is 6.12. The molecule has 0 saturated heterocycles. The van der Waals surface area contributed by atoms with Crippen LogP contribution >= 0.6 is 0 Å². The van der Waals surface area contributed by atoms with Crippen LogP contribution in [-0.2, 0) is 11.8 Å². The fourth-order valence-electron chi connectivity index (χ4n) is 4.17. The molecule has 3 N–H and O–H groups in total. The van der Waals surface area contributed by atoms with Gasteiger partial charge in [0, 0.05) is 46.2 Å². The first-order chi connectivity index (χ1) is 17.0. The van der Waals surface area contributed by atoms with E-state index in [2.05, 4.69) is 27.3 Å². The molecule has 6 nitrogen and oxygen atoms in total. The first-order valence-electron chi connectivity index (χ1n) is 11.2. The summed E-state index contributed by atoms with van der Waals surface area (Å²) in [4.78, 5) is 26.1. The number of phenolic OH excluding ortho intramolecular Hbond substituents is 1. The maximum Gasteiger partial charge on any atom is 0.272 e. The van der Waals surface area contributed by atoms with E-state index in [1.165, 1.54) is 12.1 Å². The van der Waals surface area contributed by atoms with Crippen LogP contribution in [0.3, 0.4) is 0 Å². The van der Waals surface area contributed by atoms with E-state index in [-0.39, 0.29) is 11.4 Å². The molecule has 1 heterocycles. The van der Waals surface area contributed by atoms with E-state index in [0.29, 0.717) is 11.3 Å². The minimum absolute atomic E-state index is 0.0306. The van der Waals surface area contributed by atoms with Crippen molar-refractivity contribution in [3.05, 3.63) is 114 Å². The lowest BCUT2D eigenvalue weighted by molar-refractivity contribution is -0.113. The Bertz CT molecular complexity index is 1600. The first-order valence-corrected chi connectivity index (χ1v) is 11.2. The lowest BCUT2D eigenvalue weighted by atomic mass is 10.1. The number of nitrogens with zero attached hydrogens (tertiary/aromatic N) is 1. The number of hydrogen-bond donors (Lipinski definition) is 3. The summed E-state index contributed by atoms with van der Waals surface area (Å²) < 4.78 is 2.13. The number of para-hydroxylation sites is 1. The zero-order valence-electron chi connectivity index (χ0n) is 19.0. The Morgan fingerprint density at radius 1 is 0.800 bits per heavy atom. The monoisotopic (exact) mass is 461 g/mol. The van der Waals surface area contributed by atoms with E-state index in [1.54, 1.807) is 42.5 Å². The molecule has 35 heavy (non-hydrogen) atoms. The third-order valence-electron chi connectivity index (χ3n) is 5.88. The Morgan fingerprint density at radius 3 is 2.34 bits per heavy atom. The number of carbonyl (C=O) groups is 2. The molecule has 5 aromatic rings. The summed E-state index contributed by atoms with van der Waals surface area (Å²) in [6.07, 6.45) is 1.65. The summed E-state index contributed by atoms with van der Waals surface area (Å²) in [5.41, 5.74) is 3.89.